The first-order valence-corrected chi connectivity index (χ1v) is 9.29. The van der Waals surface area contributed by atoms with Gasteiger partial charge in [-0.3, -0.25) is 4.79 Å². The number of pyridine rings is 1. The lowest BCUT2D eigenvalue weighted by molar-refractivity contribution is 0.0949. The minimum absolute atomic E-state index is 0.136. The molecule has 28 heavy (non-hydrogen) atoms. The number of aromatic nitrogens is 3. The molecular weight excluding hydrogens is 352 g/mol. The summed E-state index contributed by atoms with van der Waals surface area (Å²) < 4.78 is 7.15. The first kappa shape index (κ1) is 18.0. The van der Waals surface area contributed by atoms with Crippen molar-refractivity contribution in [3.63, 3.8) is 0 Å². The average molecular weight is 374 g/mol. The van der Waals surface area contributed by atoms with Gasteiger partial charge in [0.2, 0.25) is 0 Å². The largest absolute Gasteiger partial charge is 0.467 e. The second kappa shape index (κ2) is 7.31. The molecule has 142 valence electrons. The van der Waals surface area contributed by atoms with Gasteiger partial charge in [0.1, 0.15) is 5.76 Å². The average Bonchev–Trinajstić information content (AvgIpc) is 3.35. The molecule has 0 bridgehead atoms. The SMILES string of the molecule is Cc1ccc(-c2cc(C(=O)NCc3ccco3)c3cnn(C(C)C)c3n2)cc1. The van der Waals surface area contributed by atoms with Crippen molar-refractivity contribution in [3.8, 4) is 11.3 Å². The summed E-state index contributed by atoms with van der Waals surface area (Å²) >= 11 is 0. The summed E-state index contributed by atoms with van der Waals surface area (Å²) in [5, 5.41) is 8.11. The lowest BCUT2D eigenvalue weighted by Gasteiger charge is -2.11. The lowest BCUT2D eigenvalue weighted by Crippen LogP contribution is -2.23. The zero-order valence-corrected chi connectivity index (χ0v) is 16.1. The monoisotopic (exact) mass is 374 g/mol. The van der Waals surface area contributed by atoms with Crippen LogP contribution >= 0.6 is 0 Å². The van der Waals surface area contributed by atoms with Crippen LogP contribution in [-0.2, 0) is 6.54 Å². The molecule has 1 aromatic carbocycles. The lowest BCUT2D eigenvalue weighted by atomic mass is 10.1. The molecule has 0 aliphatic carbocycles. The number of benzene rings is 1. The van der Waals surface area contributed by atoms with Crippen molar-refractivity contribution in [1.82, 2.24) is 20.1 Å². The third kappa shape index (κ3) is 3.41. The summed E-state index contributed by atoms with van der Waals surface area (Å²) in [5.41, 5.74) is 4.14. The summed E-state index contributed by atoms with van der Waals surface area (Å²) in [6.07, 6.45) is 3.30. The Morgan fingerprint density at radius 1 is 1.21 bits per heavy atom. The van der Waals surface area contributed by atoms with E-state index < -0.39 is 0 Å². The van der Waals surface area contributed by atoms with Crippen molar-refractivity contribution in [3.05, 3.63) is 71.8 Å². The Bertz CT molecular complexity index is 1110. The molecule has 0 saturated carbocycles. The Balaban J connectivity index is 1.79. The molecule has 6 heteroatoms. The minimum atomic E-state index is -0.180. The highest BCUT2D eigenvalue weighted by Crippen LogP contribution is 2.26. The number of aryl methyl sites for hydroxylation is 1. The van der Waals surface area contributed by atoms with E-state index in [1.165, 1.54) is 5.56 Å². The maximum absolute atomic E-state index is 13.0. The molecule has 6 nitrogen and oxygen atoms in total. The number of carbonyl (C=O) groups is 1. The van der Waals surface area contributed by atoms with Crippen LogP contribution in [0.2, 0.25) is 0 Å². The van der Waals surface area contributed by atoms with Gasteiger partial charge in [-0.25, -0.2) is 9.67 Å². The highest BCUT2D eigenvalue weighted by atomic mass is 16.3. The number of nitrogens with one attached hydrogen (secondary N) is 1. The summed E-state index contributed by atoms with van der Waals surface area (Å²) in [7, 11) is 0. The van der Waals surface area contributed by atoms with Gasteiger partial charge in [0.05, 0.1) is 35.6 Å². The van der Waals surface area contributed by atoms with Gasteiger partial charge in [0, 0.05) is 11.6 Å². The van der Waals surface area contributed by atoms with Crippen LogP contribution < -0.4 is 5.32 Å². The first-order valence-electron chi connectivity index (χ1n) is 9.29. The molecule has 3 heterocycles. The Morgan fingerprint density at radius 2 is 2.00 bits per heavy atom. The van der Waals surface area contributed by atoms with Gasteiger partial charge in [0.25, 0.3) is 5.91 Å². The molecule has 4 aromatic rings. The van der Waals surface area contributed by atoms with Crippen LogP contribution in [-0.4, -0.2) is 20.7 Å². The number of fused-ring (bicyclic) bond motifs is 1. The van der Waals surface area contributed by atoms with Gasteiger partial charge in [-0.2, -0.15) is 5.10 Å². The third-order valence-corrected chi connectivity index (χ3v) is 4.65. The highest BCUT2D eigenvalue weighted by Gasteiger charge is 2.18. The number of hydrogen-bond donors (Lipinski definition) is 1. The maximum atomic E-state index is 13.0. The molecule has 1 amide bonds. The molecule has 0 fully saturated rings. The molecular formula is C22H22N4O2. The van der Waals surface area contributed by atoms with Gasteiger partial charge in [0.15, 0.2) is 5.65 Å². The summed E-state index contributed by atoms with van der Waals surface area (Å²) in [6, 6.07) is 13.7. The quantitative estimate of drug-likeness (QED) is 0.558. The summed E-state index contributed by atoms with van der Waals surface area (Å²) in [5.74, 6) is 0.524. The van der Waals surface area contributed by atoms with Gasteiger partial charge in [-0.1, -0.05) is 29.8 Å². The molecule has 1 N–H and O–H groups in total. The van der Waals surface area contributed by atoms with Crippen molar-refractivity contribution >= 4 is 16.9 Å². The predicted molar refractivity (Wildman–Crippen MR) is 108 cm³/mol. The first-order chi connectivity index (χ1) is 13.5. The van der Waals surface area contributed by atoms with Crippen LogP contribution in [0.1, 0.15) is 41.6 Å². The maximum Gasteiger partial charge on any atom is 0.252 e. The van der Waals surface area contributed by atoms with Gasteiger partial charge < -0.3 is 9.73 Å². The van der Waals surface area contributed by atoms with E-state index in [0.29, 0.717) is 23.5 Å². The Labute approximate surface area is 163 Å². The van der Waals surface area contributed by atoms with E-state index in [9.17, 15) is 4.79 Å². The number of nitrogens with zero attached hydrogens (tertiary/aromatic N) is 3. The van der Waals surface area contributed by atoms with Crippen LogP contribution in [0.3, 0.4) is 0 Å². The van der Waals surface area contributed by atoms with Crippen molar-refractivity contribution in [2.24, 2.45) is 0 Å². The topological polar surface area (TPSA) is 73.0 Å². The van der Waals surface area contributed by atoms with E-state index in [1.807, 2.05) is 61.9 Å². The fraction of sp³-hybridized carbons (Fsp3) is 0.227. The van der Waals surface area contributed by atoms with Crippen LogP contribution in [0, 0.1) is 6.92 Å². The molecule has 4 rings (SSSR count). The van der Waals surface area contributed by atoms with E-state index >= 15 is 0 Å². The van der Waals surface area contributed by atoms with Crippen LogP contribution in [0.15, 0.2) is 59.3 Å². The molecule has 0 unspecified atom stereocenters. The molecule has 0 atom stereocenters. The minimum Gasteiger partial charge on any atom is -0.467 e. The van der Waals surface area contributed by atoms with E-state index in [2.05, 4.69) is 10.4 Å². The Hall–Kier alpha value is -3.41. The smallest absolute Gasteiger partial charge is 0.252 e. The van der Waals surface area contributed by atoms with E-state index in [-0.39, 0.29) is 11.9 Å². The number of hydrogen-bond acceptors (Lipinski definition) is 4. The molecule has 0 aliphatic rings. The van der Waals surface area contributed by atoms with Crippen molar-refractivity contribution in [2.75, 3.05) is 0 Å². The Kier molecular flexibility index (Phi) is 4.69. The Morgan fingerprint density at radius 3 is 2.68 bits per heavy atom. The second-order valence-electron chi connectivity index (χ2n) is 7.10. The van der Waals surface area contributed by atoms with Crippen LogP contribution in [0.25, 0.3) is 22.3 Å². The second-order valence-corrected chi connectivity index (χ2v) is 7.10. The van der Waals surface area contributed by atoms with Crippen molar-refractivity contribution < 1.29 is 9.21 Å². The number of furan rings is 1. The molecule has 0 radical (unpaired) electrons. The standard InChI is InChI=1S/C22H22N4O2/c1-14(2)26-21-19(13-24-26)18(22(27)23-12-17-5-4-10-28-17)11-20(25-21)16-8-6-15(3)7-9-16/h4-11,13-14H,12H2,1-3H3,(H,23,27). The van der Waals surface area contributed by atoms with E-state index in [0.717, 1.165) is 16.6 Å². The van der Waals surface area contributed by atoms with Gasteiger partial charge >= 0.3 is 0 Å². The fourth-order valence-electron chi connectivity index (χ4n) is 3.13. The van der Waals surface area contributed by atoms with Gasteiger partial charge in [-0.05, 0) is 39.0 Å². The van der Waals surface area contributed by atoms with E-state index in [4.69, 9.17) is 9.40 Å². The fourth-order valence-corrected chi connectivity index (χ4v) is 3.13. The summed E-state index contributed by atoms with van der Waals surface area (Å²) in [6.45, 7) is 6.46. The van der Waals surface area contributed by atoms with Crippen molar-refractivity contribution in [2.45, 2.75) is 33.4 Å². The highest BCUT2D eigenvalue weighted by molar-refractivity contribution is 6.06. The predicted octanol–water partition coefficient (Wildman–Crippen LogP) is 4.51. The number of amides is 1. The van der Waals surface area contributed by atoms with Gasteiger partial charge in [-0.15, -0.1) is 0 Å². The van der Waals surface area contributed by atoms with Crippen LogP contribution in [0.5, 0.6) is 0 Å². The summed E-state index contributed by atoms with van der Waals surface area (Å²) in [4.78, 5) is 17.8. The number of rotatable bonds is 5. The molecule has 0 saturated heterocycles. The molecule has 0 aliphatic heterocycles. The zero-order valence-electron chi connectivity index (χ0n) is 16.1. The van der Waals surface area contributed by atoms with E-state index in [1.54, 1.807) is 18.5 Å². The third-order valence-electron chi connectivity index (χ3n) is 4.65. The molecule has 0 spiro atoms. The zero-order chi connectivity index (χ0) is 19.7. The van der Waals surface area contributed by atoms with Crippen LogP contribution in [0.4, 0.5) is 0 Å². The molecule has 3 aromatic heterocycles. The van der Waals surface area contributed by atoms with Crippen molar-refractivity contribution in [1.29, 1.82) is 0 Å². The normalized spacial score (nSPS) is 11.3. The number of carbonyl (C=O) groups excluding carboxylic acids is 1.